The van der Waals surface area contributed by atoms with Crippen LogP contribution in [-0.4, -0.2) is 11.7 Å². The van der Waals surface area contributed by atoms with Crippen molar-refractivity contribution in [1.29, 1.82) is 0 Å². The molecule has 0 bridgehead atoms. The van der Waals surface area contributed by atoms with Gasteiger partial charge in [-0.2, -0.15) is 0 Å². The average Bonchev–Trinajstić information content (AvgIpc) is 2.67. The van der Waals surface area contributed by atoms with E-state index in [1.165, 1.54) is 16.7 Å². The van der Waals surface area contributed by atoms with Gasteiger partial charge in [-0.15, -0.1) is 6.58 Å². The van der Waals surface area contributed by atoms with E-state index in [1.807, 2.05) is 24.3 Å². The molecule has 2 aromatic carbocycles. The number of rotatable bonds is 9. The fraction of sp³-hybridized carbons (Fsp3) is 0.250. The SMILES string of the molecule is C=CCOc1ccc(/C(CC)=C(\CC)c2ccc(O)c(CC=C)c2)cc1. The molecule has 0 atom stereocenters. The van der Waals surface area contributed by atoms with Crippen molar-refractivity contribution < 1.29 is 9.84 Å². The first kappa shape index (κ1) is 19.6. The van der Waals surface area contributed by atoms with Crippen molar-refractivity contribution in [3.63, 3.8) is 0 Å². The third-order valence-electron chi connectivity index (χ3n) is 4.43. The lowest BCUT2D eigenvalue weighted by molar-refractivity contribution is 0.363. The number of ether oxygens (including phenoxy) is 1. The Labute approximate surface area is 157 Å². The van der Waals surface area contributed by atoms with Crippen LogP contribution in [0.5, 0.6) is 11.5 Å². The fourth-order valence-corrected chi connectivity index (χ4v) is 3.18. The fourth-order valence-electron chi connectivity index (χ4n) is 3.18. The number of hydrogen-bond acceptors (Lipinski definition) is 2. The largest absolute Gasteiger partial charge is 0.508 e. The highest BCUT2D eigenvalue weighted by Crippen LogP contribution is 2.34. The van der Waals surface area contributed by atoms with Gasteiger partial charge in [0.05, 0.1) is 0 Å². The summed E-state index contributed by atoms with van der Waals surface area (Å²) in [5.74, 6) is 1.17. The maximum Gasteiger partial charge on any atom is 0.119 e. The summed E-state index contributed by atoms with van der Waals surface area (Å²) in [6.07, 6.45) is 6.08. The highest BCUT2D eigenvalue weighted by Gasteiger charge is 2.11. The van der Waals surface area contributed by atoms with Gasteiger partial charge in [0.2, 0.25) is 0 Å². The van der Waals surface area contributed by atoms with Gasteiger partial charge in [0.25, 0.3) is 0 Å². The zero-order chi connectivity index (χ0) is 18.9. The molecule has 0 aliphatic heterocycles. The van der Waals surface area contributed by atoms with Crippen molar-refractivity contribution in [3.8, 4) is 11.5 Å². The van der Waals surface area contributed by atoms with E-state index in [-0.39, 0.29) is 0 Å². The minimum atomic E-state index is 0.325. The van der Waals surface area contributed by atoms with Crippen molar-refractivity contribution in [3.05, 3.63) is 84.5 Å². The molecule has 0 spiro atoms. The first-order chi connectivity index (χ1) is 12.6. The van der Waals surface area contributed by atoms with Gasteiger partial charge in [-0.25, -0.2) is 0 Å². The third kappa shape index (κ3) is 4.66. The molecule has 0 saturated heterocycles. The van der Waals surface area contributed by atoms with Gasteiger partial charge in [-0.1, -0.05) is 50.8 Å². The number of phenols is 1. The number of phenolic OH excluding ortho intramolecular Hbond substituents is 1. The zero-order valence-corrected chi connectivity index (χ0v) is 15.8. The Balaban J connectivity index is 2.45. The zero-order valence-electron chi connectivity index (χ0n) is 15.8. The van der Waals surface area contributed by atoms with Crippen molar-refractivity contribution in [1.82, 2.24) is 0 Å². The van der Waals surface area contributed by atoms with Gasteiger partial charge in [-0.05, 0) is 71.4 Å². The molecule has 2 aromatic rings. The van der Waals surface area contributed by atoms with Crippen LogP contribution >= 0.6 is 0 Å². The Hall–Kier alpha value is -2.74. The van der Waals surface area contributed by atoms with E-state index in [0.29, 0.717) is 18.8 Å². The first-order valence-corrected chi connectivity index (χ1v) is 9.13. The van der Waals surface area contributed by atoms with Crippen LogP contribution in [0, 0.1) is 0 Å². The molecule has 0 radical (unpaired) electrons. The minimum Gasteiger partial charge on any atom is -0.508 e. The second-order valence-electron chi connectivity index (χ2n) is 6.12. The molecule has 136 valence electrons. The van der Waals surface area contributed by atoms with E-state index < -0.39 is 0 Å². The highest BCUT2D eigenvalue weighted by molar-refractivity contribution is 5.91. The smallest absolute Gasteiger partial charge is 0.119 e. The highest BCUT2D eigenvalue weighted by atomic mass is 16.5. The number of allylic oxidation sites excluding steroid dienone is 3. The van der Waals surface area contributed by atoms with Crippen LogP contribution in [0.25, 0.3) is 11.1 Å². The van der Waals surface area contributed by atoms with E-state index in [4.69, 9.17) is 4.74 Å². The second-order valence-corrected chi connectivity index (χ2v) is 6.12. The van der Waals surface area contributed by atoms with E-state index in [9.17, 15) is 5.11 Å². The van der Waals surface area contributed by atoms with Gasteiger partial charge in [0, 0.05) is 0 Å². The molecule has 2 heteroatoms. The molecule has 26 heavy (non-hydrogen) atoms. The quantitative estimate of drug-likeness (QED) is 0.419. The molecule has 0 amide bonds. The number of aromatic hydroxyl groups is 1. The van der Waals surface area contributed by atoms with Crippen LogP contribution in [0.4, 0.5) is 0 Å². The summed E-state index contributed by atoms with van der Waals surface area (Å²) >= 11 is 0. The minimum absolute atomic E-state index is 0.325. The van der Waals surface area contributed by atoms with Crippen molar-refractivity contribution in [2.75, 3.05) is 6.61 Å². The van der Waals surface area contributed by atoms with Crippen molar-refractivity contribution in [2.24, 2.45) is 0 Å². The lowest BCUT2D eigenvalue weighted by atomic mass is 9.90. The van der Waals surface area contributed by atoms with Gasteiger partial charge < -0.3 is 9.84 Å². The molecule has 0 fully saturated rings. The molecular formula is C24H28O2. The summed E-state index contributed by atoms with van der Waals surface area (Å²) in [6, 6.07) is 14.1. The Morgan fingerprint density at radius 3 is 2.12 bits per heavy atom. The summed E-state index contributed by atoms with van der Waals surface area (Å²) in [5.41, 5.74) is 5.89. The van der Waals surface area contributed by atoms with Crippen LogP contribution in [0.1, 0.15) is 43.4 Å². The van der Waals surface area contributed by atoms with Crippen LogP contribution in [0.2, 0.25) is 0 Å². The van der Waals surface area contributed by atoms with E-state index in [2.05, 4.69) is 45.2 Å². The van der Waals surface area contributed by atoms with Crippen molar-refractivity contribution in [2.45, 2.75) is 33.1 Å². The first-order valence-electron chi connectivity index (χ1n) is 9.13. The van der Waals surface area contributed by atoms with Crippen molar-refractivity contribution >= 4 is 11.1 Å². The summed E-state index contributed by atoms with van der Waals surface area (Å²) < 4.78 is 5.58. The molecule has 2 nitrogen and oxygen atoms in total. The molecule has 2 rings (SSSR count). The summed E-state index contributed by atoms with van der Waals surface area (Å²) in [7, 11) is 0. The monoisotopic (exact) mass is 348 g/mol. The topological polar surface area (TPSA) is 29.5 Å². The lowest BCUT2D eigenvalue weighted by Gasteiger charge is -2.16. The predicted molar refractivity (Wildman–Crippen MR) is 112 cm³/mol. The maximum absolute atomic E-state index is 10.1. The summed E-state index contributed by atoms with van der Waals surface area (Å²) in [5, 5.41) is 10.1. The lowest BCUT2D eigenvalue weighted by Crippen LogP contribution is -1.95. The second kappa shape index (κ2) is 9.67. The number of benzene rings is 2. The summed E-state index contributed by atoms with van der Waals surface area (Å²) in [4.78, 5) is 0. The van der Waals surface area contributed by atoms with Crippen LogP contribution in [-0.2, 0) is 6.42 Å². The summed E-state index contributed by atoms with van der Waals surface area (Å²) in [6.45, 7) is 12.3. The predicted octanol–water partition coefficient (Wildman–Crippen LogP) is 6.42. The third-order valence-corrected chi connectivity index (χ3v) is 4.43. The van der Waals surface area contributed by atoms with Gasteiger partial charge in [0.1, 0.15) is 18.1 Å². The Kier molecular flexibility index (Phi) is 7.28. The average molecular weight is 348 g/mol. The van der Waals surface area contributed by atoms with E-state index in [1.54, 1.807) is 12.1 Å². The van der Waals surface area contributed by atoms with E-state index >= 15 is 0 Å². The maximum atomic E-state index is 10.1. The molecule has 1 N–H and O–H groups in total. The van der Waals surface area contributed by atoms with Gasteiger partial charge in [-0.3, -0.25) is 0 Å². The molecular weight excluding hydrogens is 320 g/mol. The van der Waals surface area contributed by atoms with Crippen LogP contribution in [0.15, 0.2) is 67.8 Å². The van der Waals surface area contributed by atoms with Gasteiger partial charge >= 0.3 is 0 Å². The van der Waals surface area contributed by atoms with E-state index in [0.717, 1.165) is 29.7 Å². The van der Waals surface area contributed by atoms with Gasteiger partial charge in [0.15, 0.2) is 0 Å². The Morgan fingerprint density at radius 1 is 0.923 bits per heavy atom. The molecule has 0 saturated carbocycles. The Morgan fingerprint density at radius 2 is 1.54 bits per heavy atom. The Bertz CT molecular complexity index is 782. The molecule has 0 aromatic heterocycles. The molecule has 0 aliphatic carbocycles. The van der Waals surface area contributed by atoms with Crippen LogP contribution < -0.4 is 4.74 Å². The van der Waals surface area contributed by atoms with Crippen LogP contribution in [0.3, 0.4) is 0 Å². The molecule has 0 unspecified atom stereocenters. The standard InChI is InChI=1S/C24H28O2/c1-5-9-20-17-19(12-15-24(20)25)23(8-4)22(7-3)18-10-13-21(14-11-18)26-16-6-2/h5-6,10-15,17,25H,1-2,7-9,16H2,3-4H3/b23-22+. The number of hydrogen-bond donors (Lipinski definition) is 1. The molecule has 0 aliphatic rings. The molecule has 0 heterocycles. The normalized spacial score (nSPS) is 11.6.